The lowest BCUT2D eigenvalue weighted by Crippen LogP contribution is -2.15. The molecule has 0 saturated carbocycles. The van der Waals surface area contributed by atoms with E-state index < -0.39 is 5.41 Å². The molecule has 0 spiro atoms. The molecule has 2 heteroatoms. The first-order valence-electron chi connectivity index (χ1n) is 46.1. The van der Waals surface area contributed by atoms with E-state index in [-0.39, 0.29) is 16.2 Å². The maximum absolute atomic E-state index is 5.18. The second kappa shape index (κ2) is 28.1. The van der Waals surface area contributed by atoms with Crippen molar-refractivity contribution in [1.82, 2.24) is 0 Å². The fourth-order valence-corrected chi connectivity index (χ4v) is 26.7. The SMILES string of the molecule is C=C1/C(=C\C(=C)c2c3ccccc3c(/C3=C/C=C\C/C=C\C=C/C3)c3cc(-c4ccc5c(-c6ccc7c(c6)-c6ccc(-c8ccc9c(c8)-c8ccc%10c(ccc%11sc%12ccccc%12c%11%10)c8C9(C)C)cc6C7(C)C)c6ccccc6c(-c6cccc7ccccc67)c5c4)ccc23)C(C)(C)c2cc(-c3ccc4c(c3)-c3ccc5cc6sc7ccccc7c6cc5c3C4(C)C)ccc21. The lowest BCUT2D eigenvalue weighted by Gasteiger charge is -2.24. The van der Waals surface area contributed by atoms with Crippen LogP contribution in [-0.2, 0) is 21.7 Å². The first kappa shape index (κ1) is 76.8. The average Bonchev–Trinajstić information content (AvgIpc) is 1.55. The Morgan fingerprint density at radius 3 is 1.50 bits per heavy atom. The van der Waals surface area contributed by atoms with Gasteiger partial charge in [0.05, 0.1) is 0 Å². The molecule has 5 aliphatic rings. The van der Waals surface area contributed by atoms with Gasteiger partial charge < -0.3 is 0 Å². The van der Waals surface area contributed by atoms with Crippen LogP contribution in [0.25, 0.3) is 221 Å². The lowest BCUT2D eigenvalue weighted by atomic mass is 9.79. The number of thiophene rings is 2. The zero-order chi connectivity index (χ0) is 87.3. The lowest BCUT2D eigenvalue weighted by molar-refractivity contribution is 0.660. The largest absolute Gasteiger partial charge is 0.135 e. The molecule has 21 aromatic rings. The zero-order valence-corrected chi connectivity index (χ0v) is 75.9. The molecule has 0 radical (unpaired) electrons. The molecule has 0 bridgehead atoms. The predicted octanol–water partition coefficient (Wildman–Crippen LogP) is 36.5. The highest BCUT2D eigenvalue weighted by Crippen LogP contribution is 2.60. The van der Waals surface area contributed by atoms with Crippen LogP contribution in [0, 0.1) is 0 Å². The van der Waals surface area contributed by atoms with Gasteiger partial charge in [0, 0.05) is 62.0 Å². The summed E-state index contributed by atoms with van der Waals surface area (Å²) >= 11 is 3.79. The van der Waals surface area contributed by atoms with Crippen molar-refractivity contribution in [2.45, 2.75) is 89.9 Å². The molecule has 2 heterocycles. The maximum atomic E-state index is 5.18. The van der Waals surface area contributed by atoms with Gasteiger partial charge in [0.1, 0.15) is 0 Å². The summed E-state index contributed by atoms with van der Waals surface area (Å²) in [5, 5.41) is 22.9. The normalized spacial score (nSPS) is 16.9. The number of fused-ring (bicyclic) bond motifs is 26. The second-order valence-electron chi connectivity index (χ2n) is 39.2. The van der Waals surface area contributed by atoms with Crippen molar-refractivity contribution in [3.8, 4) is 89.0 Å². The van der Waals surface area contributed by atoms with E-state index in [0.29, 0.717) is 0 Å². The smallest absolute Gasteiger partial charge is 0.0361 e. The van der Waals surface area contributed by atoms with Gasteiger partial charge in [-0.15, -0.1) is 22.7 Å². The molecule has 0 N–H and O–H groups in total. The van der Waals surface area contributed by atoms with Gasteiger partial charge in [-0.25, -0.2) is 0 Å². The minimum atomic E-state index is -0.400. The number of allylic oxidation sites excluding steroid dienone is 12. The van der Waals surface area contributed by atoms with Crippen molar-refractivity contribution in [2.75, 3.05) is 0 Å². The monoisotopic (exact) mass is 1690 g/mol. The van der Waals surface area contributed by atoms with E-state index >= 15 is 0 Å². The van der Waals surface area contributed by atoms with Gasteiger partial charge in [-0.3, -0.25) is 0 Å². The van der Waals surface area contributed by atoms with Crippen molar-refractivity contribution in [2.24, 2.45) is 0 Å². The predicted molar refractivity (Wildman–Crippen MR) is 565 cm³/mol. The number of hydrogen-bond donors (Lipinski definition) is 0. The van der Waals surface area contributed by atoms with Gasteiger partial charge >= 0.3 is 0 Å². The van der Waals surface area contributed by atoms with Crippen molar-refractivity contribution >= 4 is 155 Å². The molecule has 26 rings (SSSR count). The Balaban J connectivity index is 0.591. The maximum Gasteiger partial charge on any atom is 0.0361 e. The summed E-state index contributed by atoms with van der Waals surface area (Å²) in [5.74, 6) is 0. The van der Waals surface area contributed by atoms with Crippen LogP contribution in [-0.4, -0.2) is 0 Å². The number of benzene rings is 19. The Labute approximate surface area is 766 Å². The van der Waals surface area contributed by atoms with Gasteiger partial charge in [0.25, 0.3) is 0 Å². The highest BCUT2D eigenvalue weighted by molar-refractivity contribution is 7.26. The van der Waals surface area contributed by atoms with Gasteiger partial charge in [-0.05, 0) is 328 Å². The summed E-state index contributed by atoms with van der Waals surface area (Å²) in [6.45, 7) is 29.5. The Morgan fingerprint density at radius 1 is 0.285 bits per heavy atom. The molecular weight excluding hydrogens is 1600 g/mol. The summed E-state index contributed by atoms with van der Waals surface area (Å²) in [5.41, 5.74) is 36.7. The van der Waals surface area contributed by atoms with Crippen LogP contribution in [0.5, 0.6) is 0 Å². The molecule has 0 saturated heterocycles. The fourth-order valence-electron chi connectivity index (χ4n) is 24.5. The van der Waals surface area contributed by atoms with Gasteiger partial charge in [0.2, 0.25) is 0 Å². The third-order valence-corrected chi connectivity index (χ3v) is 33.0. The minimum absolute atomic E-state index is 0.171. The van der Waals surface area contributed by atoms with E-state index in [4.69, 9.17) is 13.2 Å². The van der Waals surface area contributed by atoms with E-state index in [2.05, 4.69) is 419 Å². The summed E-state index contributed by atoms with van der Waals surface area (Å²) in [7, 11) is 0. The van der Waals surface area contributed by atoms with Crippen LogP contribution in [0.15, 0.2) is 383 Å². The Bertz CT molecular complexity index is 8930. The van der Waals surface area contributed by atoms with Gasteiger partial charge in [-0.1, -0.05) is 360 Å². The van der Waals surface area contributed by atoms with Crippen LogP contribution in [0.3, 0.4) is 0 Å². The quantitative estimate of drug-likeness (QED) is 0.133. The van der Waals surface area contributed by atoms with E-state index in [1.807, 2.05) is 22.7 Å². The average molecular weight is 1690 g/mol. The summed E-state index contributed by atoms with van der Waals surface area (Å²) in [6.07, 6.45) is 19.9. The first-order chi connectivity index (χ1) is 63.3. The molecule has 2 aromatic heterocycles. The highest BCUT2D eigenvalue weighted by atomic mass is 32.1. The van der Waals surface area contributed by atoms with Gasteiger partial charge in [-0.2, -0.15) is 0 Å². The van der Waals surface area contributed by atoms with E-state index in [9.17, 15) is 0 Å². The van der Waals surface area contributed by atoms with Crippen molar-refractivity contribution in [3.05, 3.63) is 438 Å². The van der Waals surface area contributed by atoms with Crippen molar-refractivity contribution < 1.29 is 0 Å². The number of rotatable bonds is 8. The molecule has 0 amide bonds. The topological polar surface area (TPSA) is 0 Å². The Morgan fingerprint density at radius 2 is 0.769 bits per heavy atom. The third kappa shape index (κ3) is 11.1. The minimum Gasteiger partial charge on any atom is -0.135 e. The fraction of sp³-hybridized carbons (Fsp3) is 0.109. The molecular formula is C128H92S2. The summed E-state index contributed by atoms with van der Waals surface area (Å²) in [6, 6.07) is 122. The molecule has 616 valence electrons. The van der Waals surface area contributed by atoms with E-state index in [1.54, 1.807) is 0 Å². The summed E-state index contributed by atoms with van der Waals surface area (Å²) in [4.78, 5) is 0. The van der Waals surface area contributed by atoms with Gasteiger partial charge in [0.15, 0.2) is 0 Å². The molecule has 0 nitrogen and oxygen atoms in total. The first-order valence-corrected chi connectivity index (χ1v) is 47.7. The molecule has 0 atom stereocenters. The standard InChI is InChI=1S/C128H92S2/c1-73(63-111-74(2)85-51-43-81(69-112(85)126(111,5)6)79-49-60-110-103(64-79)98-55-47-83-71-117-105(72-101(83)124(98)128(110,9)10)88-34-24-26-41-114(88)130-117)118-90-35-20-21-36-91(90)119(76-30-16-14-12-11-13-15-17-31-76)106-66-77(45-53-95(106)118)78-46-54-96-107(67-78)121(89-40-28-32-75-29-18-19-33-86(75)89)93-38-23-22-37-92(93)120(96)84-50-61-108-102(68-84)87-52-44-82(70-113(87)125(108,3)4)80-48-59-109-104(65-80)99-57-56-94-97(123(99)127(109,7)8)58-62-116-122(94)100-39-25-27-42-115(100)129-116/h11-12,14-29,31-72H,1-2,13,30H2,3-10H3/b12-11-,16-14-,17-15-,76-31+,111-63+. The Hall–Kier alpha value is -14.4. The van der Waals surface area contributed by atoms with E-state index in [1.165, 1.54) is 255 Å². The number of hydrogen-bond acceptors (Lipinski definition) is 2. The zero-order valence-electron chi connectivity index (χ0n) is 74.3. The molecule has 19 aromatic carbocycles. The molecule has 5 aliphatic carbocycles. The van der Waals surface area contributed by atoms with Crippen LogP contribution in [0.1, 0.15) is 124 Å². The Kier molecular flexibility index (Phi) is 16.6. The highest BCUT2D eigenvalue weighted by Gasteiger charge is 2.43. The molecule has 0 unspecified atom stereocenters. The molecule has 0 fully saturated rings. The van der Waals surface area contributed by atoms with Crippen LogP contribution in [0.4, 0.5) is 0 Å². The van der Waals surface area contributed by atoms with E-state index in [0.717, 1.165) is 40.7 Å². The van der Waals surface area contributed by atoms with Crippen molar-refractivity contribution in [1.29, 1.82) is 0 Å². The van der Waals surface area contributed by atoms with Crippen LogP contribution >= 0.6 is 22.7 Å². The summed E-state index contributed by atoms with van der Waals surface area (Å²) < 4.78 is 5.37. The molecule has 130 heavy (non-hydrogen) atoms. The van der Waals surface area contributed by atoms with Crippen LogP contribution < -0.4 is 0 Å². The third-order valence-electron chi connectivity index (χ3n) is 30.7. The van der Waals surface area contributed by atoms with Crippen molar-refractivity contribution in [3.63, 3.8) is 0 Å². The second-order valence-corrected chi connectivity index (χ2v) is 41.4. The molecule has 0 aliphatic heterocycles. The van der Waals surface area contributed by atoms with Crippen LogP contribution in [0.2, 0.25) is 0 Å².